The van der Waals surface area contributed by atoms with Crippen molar-refractivity contribution in [2.75, 3.05) is 13.7 Å². The molecule has 1 aliphatic rings. The minimum Gasteiger partial charge on any atom is -0.468 e. The van der Waals surface area contributed by atoms with Crippen LogP contribution in [0.15, 0.2) is 66.2 Å². The van der Waals surface area contributed by atoms with E-state index in [9.17, 15) is 14.4 Å². The molecule has 7 heteroatoms. The van der Waals surface area contributed by atoms with Gasteiger partial charge in [-0.25, -0.2) is 4.79 Å². The zero-order valence-electron chi connectivity index (χ0n) is 16.5. The first-order valence-electron chi connectivity index (χ1n) is 9.19. The van der Waals surface area contributed by atoms with E-state index >= 15 is 0 Å². The van der Waals surface area contributed by atoms with Crippen LogP contribution in [0.3, 0.4) is 0 Å². The van der Waals surface area contributed by atoms with E-state index in [0.717, 1.165) is 11.5 Å². The van der Waals surface area contributed by atoms with E-state index < -0.39 is 23.3 Å². The van der Waals surface area contributed by atoms with E-state index in [-0.39, 0.29) is 29.5 Å². The van der Waals surface area contributed by atoms with Crippen LogP contribution in [-0.4, -0.2) is 36.6 Å². The normalized spacial score (nSPS) is 20.0. The number of halogens is 1. The van der Waals surface area contributed by atoms with Crippen LogP contribution in [0.2, 0.25) is 0 Å². The number of carbonyl (C=O) groups is 3. The van der Waals surface area contributed by atoms with Crippen molar-refractivity contribution < 1.29 is 24.0 Å². The highest BCUT2D eigenvalue weighted by atomic mass is 35.5. The van der Waals surface area contributed by atoms with Gasteiger partial charge in [-0.1, -0.05) is 67.6 Å². The number of amides is 1. The van der Waals surface area contributed by atoms with Crippen LogP contribution in [0.25, 0.3) is 0 Å². The van der Waals surface area contributed by atoms with Crippen molar-refractivity contribution in [3.63, 3.8) is 0 Å². The molecule has 0 fully saturated rings. The fraction of sp³-hybridized carbons (Fsp3) is 0.318. The maximum Gasteiger partial charge on any atom is 0.363 e. The molecule has 6 nitrogen and oxygen atoms in total. The second-order valence-electron chi connectivity index (χ2n) is 6.69. The lowest BCUT2D eigenvalue weighted by atomic mass is 9.78. The summed E-state index contributed by atoms with van der Waals surface area (Å²) in [5, 5.41) is 0.926. The minimum absolute atomic E-state index is 0.104. The number of ether oxygens (including phenoxy) is 1. The van der Waals surface area contributed by atoms with Gasteiger partial charge in [-0.2, -0.15) is 5.06 Å². The van der Waals surface area contributed by atoms with Gasteiger partial charge < -0.3 is 9.57 Å². The van der Waals surface area contributed by atoms with Gasteiger partial charge in [0.05, 0.1) is 25.6 Å². The van der Waals surface area contributed by atoms with E-state index in [1.807, 2.05) is 19.1 Å². The Balaban J connectivity index is 2.23. The topological polar surface area (TPSA) is 72.9 Å². The number of allylic oxidation sites excluding steroid dienone is 2. The third-order valence-electron chi connectivity index (χ3n) is 4.56. The lowest BCUT2D eigenvalue weighted by Crippen LogP contribution is -2.40. The molecule has 1 aromatic rings. The molecule has 0 radical (unpaired) electrons. The van der Waals surface area contributed by atoms with Gasteiger partial charge in [0, 0.05) is 5.03 Å². The van der Waals surface area contributed by atoms with Gasteiger partial charge in [0.15, 0.2) is 0 Å². The highest BCUT2D eigenvalue weighted by Gasteiger charge is 2.40. The number of methoxy groups -OCH3 is 1. The van der Waals surface area contributed by atoms with Crippen molar-refractivity contribution in [1.82, 2.24) is 5.06 Å². The third kappa shape index (κ3) is 5.81. The Hall–Kier alpha value is -2.86. The van der Waals surface area contributed by atoms with Crippen molar-refractivity contribution in [2.24, 2.45) is 11.3 Å². The number of hydrogen-bond acceptors (Lipinski definition) is 5. The van der Waals surface area contributed by atoms with Gasteiger partial charge in [0.25, 0.3) is 5.91 Å². The number of carbonyl (C=O) groups excluding carboxylic acids is 3. The van der Waals surface area contributed by atoms with Gasteiger partial charge in [0.1, 0.15) is 5.41 Å². The predicted octanol–water partition coefficient (Wildman–Crippen LogP) is 4.04. The van der Waals surface area contributed by atoms with E-state index in [2.05, 4.69) is 6.58 Å². The second kappa shape index (κ2) is 10.1. The Morgan fingerprint density at radius 3 is 2.31 bits per heavy atom. The van der Waals surface area contributed by atoms with Crippen LogP contribution in [0.4, 0.5) is 0 Å². The molecule has 2 rings (SSSR count). The molecule has 0 saturated carbocycles. The molecule has 0 spiro atoms. The average molecular weight is 418 g/mol. The molecule has 1 aliphatic carbocycles. The fourth-order valence-corrected chi connectivity index (χ4v) is 3.00. The largest absolute Gasteiger partial charge is 0.468 e. The standard InChI is InChI=1S/C22H24ClNO5/c1-4-17-10-12-22(13-11-17,21(27)28-3)14-19(25)24(15-16(2)23)29-20(26)18-8-6-5-7-9-18/h5-13,17H,2,4,14-15H2,1,3H3. The summed E-state index contributed by atoms with van der Waals surface area (Å²) in [6, 6.07) is 8.24. The molecule has 0 N–H and O–H groups in total. The van der Waals surface area contributed by atoms with Crippen LogP contribution in [-0.2, 0) is 19.2 Å². The van der Waals surface area contributed by atoms with E-state index in [0.29, 0.717) is 0 Å². The first-order valence-corrected chi connectivity index (χ1v) is 9.57. The lowest BCUT2D eigenvalue weighted by Gasteiger charge is -2.30. The maximum atomic E-state index is 13.0. The van der Waals surface area contributed by atoms with Crippen molar-refractivity contribution in [1.29, 1.82) is 0 Å². The zero-order valence-corrected chi connectivity index (χ0v) is 17.2. The highest BCUT2D eigenvalue weighted by Crippen LogP contribution is 2.34. The molecule has 0 bridgehead atoms. The quantitative estimate of drug-likeness (QED) is 0.380. The van der Waals surface area contributed by atoms with Gasteiger partial charge in [-0.3, -0.25) is 9.59 Å². The smallest absolute Gasteiger partial charge is 0.363 e. The number of hydrogen-bond donors (Lipinski definition) is 0. The Bertz CT molecular complexity index is 817. The number of benzene rings is 1. The molecule has 0 atom stereocenters. The summed E-state index contributed by atoms with van der Waals surface area (Å²) >= 11 is 5.85. The Morgan fingerprint density at radius 2 is 1.79 bits per heavy atom. The summed E-state index contributed by atoms with van der Waals surface area (Å²) in [6.07, 6.45) is 7.64. The Kier molecular flexibility index (Phi) is 7.79. The molecule has 1 aromatic carbocycles. The van der Waals surface area contributed by atoms with E-state index in [1.165, 1.54) is 7.11 Å². The number of rotatable bonds is 7. The Labute approximate surface area is 175 Å². The molecular weight excluding hydrogens is 394 g/mol. The minimum atomic E-state index is -1.28. The number of nitrogens with zero attached hydrogens (tertiary/aromatic N) is 1. The van der Waals surface area contributed by atoms with Gasteiger partial charge in [-0.15, -0.1) is 0 Å². The number of hydroxylamine groups is 2. The SMILES string of the molecule is C=C(Cl)CN(OC(=O)c1ccccc1)C(=O)CC1(C(=O)OC)C=CC(CC)C=C1. The summed E-state index contributed by atoms with van der Waals surface area (Å²) in [7, 11) is 1.26. The molecule has 0 aliphatic heterocycles. The van der Waals surface area contributed by atoms with Gasteiger partial charge >= 0.3 is 11.9 Å². The van der Waals surface area contributed by atoms with E-state index in [4.69, 9.17) is 21.2 Å². The van der Waals surface area contributed by atoms with Crippen molar-refractivity contribution in [2.45, 2.75) is 19.8 Å². The molecule has 0 aromatic heterocycles. The Morgan fingerprint density at radius 1 is 1.17 bits per heavy atom. The molecule has 0 unspecified atom stereocenters. The zero-order chi connectivity index (χ0) is 21.4. The third-order valence-corrected chi connectivity index (χ3v) is 4.68. The summed E-state index contributed by atoms with van der Waals surface area (Å²) in [4.78, 5) is 43.1. The molecule has 29 heavy (non-hydrogen) atoms. The monoisotopic (exact) mass is 417 g/mol. The second-order valence-corrected chi connectivity index (χ2v) is 7.23. The summed E-state index contributed by atoms with van der Waals surface area (Å²) < 4.78 is 4.91. The first-order chi connectivity index (χ1) is 13.8. The van der Waals surface area contributed by atoms with Crippen LogP contribution in [0.1, 0.15) is 30.1 Å². The summed E-state index contributed by atoms with van der Waals surface area (Å²) in [5.74, 6) is -1.72. The number of esters is 1. The van der Waals surface area contributed by atoms with Crippen LogP contribution >= 0.6 is 11.6 Å². The molecule has 0 heterocycles. The molecule has 0 saturated heterocycles. The van der Waals surface area contributed by atoms with E-state index in [1.54, 1.807) is 42.5 Å². The molecular formula is C22H24ClNO5. The van der Waals surface area contributed by atoms with Crippen LogP contribution in [0, 0.1) is 11.3 Å². The first kappa shape index (κ1) is 22.4. The highest BCUT2D eigenvalue weighted by molar-refractivity contribution is 6.29. The summed E-state index contributed by atoms with van der Waals surface area (Å²) in [5.41, 5.74) is -1.00. The predicted molar refractivity (Wildman–Crippen MR) is 110 cm³/mol. The average Bonchev–Trinajstić information content (AvgIpc) is 2.73. The lowest BCUT2D eigenvalue weighted by molar-refractivity contribution is -0.169. The van der Waals surface area contributed by atoms with Crippen LogP contribution in [0.5, 0.6) is 0 Å². The fourth-order valence-electron chi connectivity index (χ4n) is 2.89. The maximum absolute atomic E-state index is 13.0. The summed E-state index contributed by atoms with van der Waals surface area (Å²) in [6.45, 7) is 5.37. The molecule has 154 valence electrons. The van der Waals surface area contributed by atoms with Crippen LogP contribution < -0.4 is 0 Å². The van der Waals surface area contributed by atoms with Gasteiger partial charge in [0.2, 0.25) is 0 Å². The van der Waals surface area contributed by atoms with Gasteiger partial charge in [-0.05, 0) is 24.5 Å². The van der Waals surface area contributed by atoms with Crippen molar-refractivity contribution in [3.8, 4) is 0 Å². The molecule has 1 amide bonds. The van der Waals surface area contributed by atoms with Crippen molar-refractivity contribution >= 4 is 29.4 Å². The van der Waals surface area contributed by atoms with Crippen molar-refractivity contribution in [3.05, 3.63) is 71.8 Å².